The smallest absolute Gasteiger partial charge is 0.191 e. The van der Waals surface area contributed by atoms with Crippen molar-refractivity contribution in [3.63, 3.8) is 0 Å². The van der Waals surface area contributed by atoms with E-state index in [2.05, 4.69) is 49.9 Å². The standard InChI is InChI=1S/C14H24N8.HI/c1-5-10(2)21-14(15-3)17-7-6-16-12-11-8-20-22(4)13(11)19-9-18-12;/h8-10H,5-7H2,1-4H3,(H2,15,17,21)(H,16,18,19);1H. The minimum absolute atomic E-state index is 0. The molecule has 1 unspecified atom stereocenters. The molecule has 0 fully saturated rings. The fourth-order valence-corrected chi connectivity index (χ4v) is 1.99. The Bertz CT molecular complexity index is 639. The molecule has 0 saturated carbocycles. The maximum Gasteiger partial charge on any atom is 0.191 e. The van der Waals surface area contributed by atoms with E-state index in [1.165, 1.54) is 0 Å². The van der Waals surface area contributed by atoms with Crippen molar-refractivity contribution in [1.29, 1.82) is 0 Å². The summed E-state index contributed by atoms with van der Waals surface area (Å²) in [6.45, 7) is 5.73. The number of anilines is 1. The van der Waals surface area contributed by atoms with Crippen LogP contribution in [0.1, 0.15) is 20.3 Å². The Morgan fingerprint density at radius 1 is 1.35 bits per heavy atom. The number of hydrogen-bond donors (Lipinski definition) is 3. The zero-order valence-electron chi connectivity index (χ0n) is 14.0. The third-order valence-corrected chi connectivity index (χ3v) is 3.46. The van der Waals surface area contributed by atoms with Crippen molar-refractivity contribution in [3.05, 3.63) is 12.5 Å². The summed E-state index contributed by atoms with van der Waals surface area (Å²) in [6, 6.07) is 0.399. The number of rotatable bonds is 6. The van der Waals surface area contributed by atoms with E-state index in [1.807, 2.05) is 7.05 Å². The van der Waals surface area contributed by atoms with Gasteiger partial charge in [-0.1, -0.05) is 6.92 Å². The first-order valence-corrected chi connectivity index (χ1v) is 7.49. The lowest BCUT2D eigenvalue weighted by atomic mass is 10.3. The van der Waals surface area contributed by atoms with Crippen LogP contribution in [0.5, 0.6) is 0 Å². The average Bonchev–Trinajstić information content (AvgIpc) is 2.92. The van der Waals surface area contributed by atoms with Gasteiger partial charge in [0.25, 0.3) is 0 Å². The van der Waals surface area contributed by atoms with Gasteiger partial charge in [-0.3, -0.25) is 9.67 Å². The van der Waals surface area contributed by atoms with Crippen molar-refractivity contribution >= 4 is 46.8 Å². The van der Waals surface area contributed by atoms with Gasteiger partial charge in [0.05, 0.1) is 11.6 Å². The molecule has 2 aromatic heterocycles. The van der Waals surface area contributed by atoms with Crippen molar-refractivity contribution in [3.8, 4) is 0 Å². The highest BCUT2D eigenvalue weighted by molar-refractivity contribution is 14.0. The summed E-state index contributed by atoms with van der Waals surface area (Å²) in [5.74, 6) is 1.61. The van der Waals surface area contributed by atoms with Crippen LogP contribution in [-0.2, 0) is 7.05 Å². The van der Waals surface area contributed by atoms with Crippen molar-refractivity contribution in [2.75, 3.05) is 25.5 Å². The lowest BCUT2D eigenvalue weighted by Crippen LogP contribution is -2.43. The topological polar surface area (TPSA) is 92.1 Å². The first kappa shape index (κ1) is 19.4. The van der Waals surface area contributed by atoms with Crippen LogP contribution in [0.2, 0.25) is 0 Å². The highest BCUT2D eigenvalue weighted by Gasteiger charge is 2.07. The quantitative estimate of drug-likeness (QED) is 0.276. The lowest BCUT2D eigenvalue weighted by Gasteiger charge is -2.16. The fraction of sp³-hybridized carbons (Fsp3) is 0.571. The molecule has 0 saturated heterocycles. The maximum absolute atomic E-state index is 4.27. The van der Waals surface area contributed by atoms with Gasteiger partial charge < -0.3 is 16.0 Å². The average molecular weight is 432 g/mol. The van der Waals surface area contributed by atoms with Gasteiger partial charge >= 0.3 is 0 Å². The van der Waals surface area contributed by atoms with Gasteiger partial charge in [0.1, 0.15) is 12.1 Å². The van der Waals surface area contributed by atoms with Crippen LogP contribution in [0.15, 0.2) is 17.5 Å². The molecule has 0 radical (unpaired) electrons. The second kappa shape index (κ2) is 9.48. The number of hydrogen-bond acceptors (Lipinski definition) is 5. The van der Waals surface area contributed by atoms with Gasteiger partial charge in [-0.25, -0.2) is 9.97 Å². The fourth-order valence-electron chi connectivity index (χ4n) is 1.99. The van der Waals surface area contributed by atoms with E-state index >= 15 is 0 Å². The van der Waals surface area contributed by atoms with Gasteiger partial charge in [0.2, 0.25) is 0 Å². The number of aliphatic imine (C=N–C) groups is 1. The molecule has 0 amide bonds. The SMILES string of the molecule is CCC(C)NC(=NC)NCCNc1ncnc2c1cnn2C.I. The third kappa shape index (κ3) is 5.19. The number of nitrogens with zero attached hydrogens (tertiary/aromatic N) is 5. The molecule has 8 nitrogen and oxygen atoms in total. The molecule has 0 bridgehead atoms. The van der Waals surface area contributed by atoms with Crippen LogP contribution in [-0.4, -0.2) is 51.9 Å². The minimum Gasteiger partial charge on any atom is -0.368 e. The molecule has 0 aliphatic heterocycles. The Morgan fingerprint density at radius 2 is 2.13 bits per heavy atom. The number of nitrogens with one attached hydrogen (secondary N) is 3. The van der Waals surface area contributed by atoms with E-state index < -0.39 is 0 Å². The summed E-state index contributed by atoms with van der Waals surface area (Å²) in [5, 5.41) is 15.0. The molecule has 0 aliphatic carbocycles. The zero-order chi connectivity index (χ0) is 15.9. The molecule has 0 aromatic carbocycles. The van der Waals surface area contributed by atoms with E-state index in [0.29, 0.717) is 6.04 Å². The Labute approximate surface area is 153 Å². The van der Waals surface area contributed by atoms with Crippen LogP contribution in [0.3, 0.4) is 0 Å². The van der Waals surface area contributed by atoms with Gasteiger partial charge in [-0.2, -0.15) is 5.10 Å². The zero-order valence-corrected chi connectivity index (χ0v) is 16.3. The predicted octanol–water partition coefficient (Wildman–Crippen LogP) is 1.36. The van der Waals surface area contributed by atoms with Crippen LogP contribution >= 0.6 is 24.0 Å². The van der Waals surface area contributed by atoms with Crippen LogP contribution in [0.4, 0.5) is 5.82 Å². The summed E-state index contributed by atoms with van der Waals surface area (Å²) in [5.41, 5.74) is 0.819. The number of aromatic nitrogens is 4. The number of halogens is 1. The third-order valence-electron chi connectivity index (χ3n) is 3.46. The van der Waals surface area contributed by atoms with E-state index in [0.717, 1.165) is 42.3 Å². The number of fused-ring (bicyclic) bond motifs is 1. The van der Waals surface area contributed by atoms with E-state index in [4.69, 9.17) is 0 Å². The second-order valence-corrected chi connectivity index (χ2v) is 5.11. The van der Waals surface area contributed by atoms with Gasteiger partial charge in [-0.15, -0.1) is 24.0 Å². The van der Waals surface area contributed by atoms with Crippen molar-refractivity contribution in [2.45, 2.75) is 26.3 Å². The first-order chi connectivity index (χ1) is 10.7. The molecule has 2 heterocycles. The molecule has 0 spiro atoms. The Balaban J connectivity index is 0.00000264. The van der Waals surface area contributed by atoms with Gasteiger partial charge in [0.15, 0.2) is 11.6 Å². The largest absolute Gasteiger partial charge is 0.368 e. The highest BCUT2D eigenvalue weighted by Crippen LogP contribution is 2.16. The highest BCUT2D eigenvalue weighted by atomic mass is 127. The van der Waals surface area contributed by atoms with Gasteiger partial charge in [0, 0.05) is 33.2 Å². The number of guanidine groups is 1. The van der Waals surface area contributed by atoms with E-state index in [-0.39, 0.29) is 24.0 Å². The summed E-state index contributed by atoms with van der Waals surface area (Å²) in [4.78, 5) is 12.7. The molecule has 1 atom stereocenters. The molecule has 0 aliphatic rings. The molecule has 3 N–H and O–H groups in total. The first-order valence-electron chi connectivity index (χ1n) is 7.49. The summed E-state index contributed by atoms with van der Waals surface area (Å²) in [7, 11) is 3.64. The van der Waals surface area contributed by atoms with Crippen molar-refractivity contribution in [2.24, 2.45) is 12.0 Å². The Kier molecular flexibility index (Phi) is 8.00. The molecular weight excluding hydrogens is 407 g/mol. The maximum atomic E-state index is 4.27. The number of aryl methyl sites for hydroxylation is 1. The van der Waals surface area contributed by atoms with E-state index in [9.17, 15) is 0 Å². The molecule has 2 rings (SSSR count). The summed E-state index contributed by atoms with van der Waals surface area (Å²) >= 11 is 0. The molecule has 23 heavy (non-hydrogen) atoms. The van der Waals surface area contributed by atoms with Crippen molar-refractivity contribution in [1.82, 2.24) is 30.4 Å². The minimum atomic E-state index is 0. The normalized spacial score (nSPS) is 12.6. The molecule has 9 heteroatoms. The molecule has 128 valence electrons. The summed E-state index contributed by atoms with van der Waals surface area (Å²) in [6.07, 6.45) is 4.37. The second-order valence-electron chi connectivity index (χ2n) is 5.11. The predicted molar refractivity (Wildman–Crippen MR) is 104 cm³/mol. The monoisotopic (exact) mass is 432 g/mol. The van der Waals surface area contributed by atoms with E-state index in [1.54, 1.807) is 24.3 Å². The Hall–Kier alpha value is -1.65. The van der Waals surface area contributed by atoms with Crippen LogP contribution in [0.25, 0.3) is 11.0 Å². The van der Waals surface area contributed by atoms with Crippen LogP contribution in [0, 0.1) is 0 Å². The van der Waals surface area contributed by atoms with Crippen LogP contribution < -0.4 is 16.0 Å². The van der Waals surface area contributed by atoms with Gasteiger partial charge in [-0.05, 0) is 13.3 Å². The molecular formula is C14H25IN8. The Morgan fingerprint density at radius 3 is 2.83 bits per heavy atom. The summed E-state index contributed by atoms with van der Waals surface area (Å²) < 4.78 is 1.73. The molecule has 2 aromatic rings. The van der Waals surface area contributed by atoms with Crippen molar-refractivity contribution < 1.29 is 0 Å². The lowest BCUT2D eigenvalue weighted by molar-refractivity contribution is 0.625.